The predicted molar refractivity (Wildman–Crippen MR) is 92.5 cm³/mol. The summed E-state index contributed by atoms with van der Waals surface area (Å²) in [6.07, 6.45) is 1.93. The first-order valence-corrected chi connectivity index (χ1v) is 9.85. The van der Waals surface area contributed by atoms with Crippen LogP contribution in [0.5, 0.6) is 0 Å². The van der Waals surface area contributed by atoms with Gasteiger partial charge in [0.25, 0.3) is 0 Å². The van der Waals surface area contributed by atoms with E-state index in [-0.39, 0.29) is 30.2 Å². The second-order valence-corrected chi connectivity index (χ2v) is 9.99. The Morgan fingerprint density at radius 2 is 1.88 bits per heavy atom. The maximum absolute atomic E-state index is 13.5. The van der Waals surface area contributed by atoms with E-state index in [1.54, 1.807) is 9.34 Å². The van der Waals surface area contributed by atoms with E-state index in [0.29, 0.717) is 13.1 Å². The van der Waals surface area contributed by atoms with Crippen LogP contribution in [0.3, 0.4) is 0 Å². The normalized spacial score (nSPS) is 27.2. The maximum atomic E-state index is 13.5. The summed E-state index contributed by atoms with van der Waals surface area (Å²) >= 11 is 0. The Morgan fingerprint density at radius 1 is 1.35 bits per heavy atom. The van der Waals surface area contributed by atoms with Crippen LogP contribution in [0, 0.1) is 10.1 Å². The van der Waals surface area contributed by atoms with E-state index in [1.165, 1.54) is 17.0 Å². The molecule has 0 aliphatic carbocycles. The fourth-order valence-electron chi connectivity index (χ4n) is 2.87. The molecule has 2 atom stereocenters. The number of nitro groups is 1. The van der Waals surface area contributed by atoms with Gasteiger partial charge in [-0.15, -0.1) is 0 Å². The van der Waals surface area contributed by atoms with E-state index in [2.05, 4.69) is 10.1 Å². The molecule has 2 fully saturated rings. The Morgan fingerprint density at radius 3 is 2.35 bits per heavy atom. The molecule has 1 N–H and O–H groups in total. The number of amides is 1. The van der Waals surface area contributed by atoms with Gasteiger partial charge >= 0.3 is 19.6 Å². The van der Waals surface area contributed by atoms with Crippen molar-refractivity contribution in [2.24, 2.45) is 0 Å². The number of nitrogens with zero attached hydrogens (tertiary/aromatic N) is 5. The average molecular weight is 386 g/mol. The Hall–Kier alpha value is -1.97. The topological polar surface area (TPSA) is 122 Å². The lowest BCUT2D eigenvalue weighted by molar-refractivity contribution is -0.396. The number of nitrogens with one attached hydrogen (secondary N) is 1. The molecule has 1 aromatic rings. The standard InChI is InChI=1S/C14H23N6O5P/c1-13(2)9-18(13)26(24,19-10-14(19,3)4)16-12(21)25-8-7-17-6-5-15-11(17)20(22)23/h5-6H,7-10H2,1-4H3,(H,16,21,24). The van der Waals surface area contributed by atoms with Crippen LogP contribution < -0.4 is 5.09 Å². The van der Waals surface area contributed by atoms with Crippen molar-refractivity contribution in [2.75, 3.05) is 19.7 Å². The van der Waals surface area contributed by atoms with Crippen LogP contribution in [0.2, 0.25) is 0 Å². The van der Waals surface area contributed by atoms with Gasteiger partial charge in [-0.1, -0.05) is 4.98 Å². The average Bonchev–Trinajstić information content (AvgIpc) is 3.26. The smallest absolute Gasteiger partial charge is 0.434 e. The number of rotatable bonds is 7. The van der Waals surface area contributed by atoms with Crippen molar-refractivity contribution in [3.8, 4) is 0 Å². The molecule has 26 heavy (non-hydrogen) atoms. The maximum Gasteiger partial charge on any atom is 0.434 e. The third kappa shape index (κ3) is 3.46. The monoisotopic (exact) mass is 386 g/mol. The van der Waals surface area contributed by atoms with Gasteiger partial charge in [0.1, 0.15) is 25.5 Å². The summed E-state index contributed by atoms with van der Waals surface area (Å²) in [4.78, 5) is 26.0. The van der Waals surface area contributed by atoms with Gasteiger partial charge in [-0.2, -0.15) is 0 Å². The SMILES string of the molecule is CC1(C)CN1P(=O)(NC(=O)OCCn1ccnc1[N+](=O)[O-])N1CC1(C)C. The van der Waals surface area contributed by atoms with E-state index in [4.69, 9.17) is 4.74 Å². The van der Waals surface area contributed by atoms with Crippen LogP contribution in [-0.4, -0.2) is 60.7 Å². The van der Waals surface area contributed by atoms with Gasteiger partial charge in [0.05, 0.1) is 0 Å². The molecular formula is C14H23N6O5P. The number of carbonyl (C=O) groups excluding carboxylic acids is 1. The van der Waals surface area contributed by atoms with Gasteiger partial charge in [-0.25, -0.2) is 23.8 Å². The number of hydrogen-bond acceptors (Lipinski definition) is 6. The number of carbonyl (C=O) groups is 1. The zero-order valence-electron chi connectivity index (χ0n) is 15.2. The predicted octanol–water partition coefficient (Wildman–Crippen LogP) is 1.81. The lowest BCUT2D eigenvalue weighted by Crippen LogP contribution is -2.32. The summed E-state index contributed by atoms with van der Waals surface area (Å²) in [5, 5.41) is 13.3. The van der Waals surface area contributed by atoms with Crippen molar-refractivity contribution in [1.29, 1.82) is 0 Å². The molecule has 2 unspecified atom stereocenters. The second kappa shape index (κ2) is 6.04. The van der Waals surface area contributed by atoms with Crippen LogP contribution in [0.1, 0.15) is 27.7 Å². The minimum atomic E-state index is -3.25. The van der Waals surface area contributed by atoms with Crippen molar-refractivity contribution in [1.82, 2.24) is 24.0 Å². The lowest BCUT2D eigenvalue weighted by Gasteiger charge is -2.25. The van der Waals surface area contributed by atoms with Crippen molar-refractivity contribution >= 4 is 19.6 Å². The highest BCUT2D eigenvalue weighted by atomic mass is 31.2. The molecule has 0 aromatic carbocycles. The van der Waals surface area contributed by atoms with Gasteiger partial charge < -0.3 is 14.9 Å². The molecule has 2 saturated heterocycles. The molecule has 1 amide bonds. The first-order valence-electron chi connectivity index (χ1n) is 8.24. The molecule has 2 aliphatic heterocycles. The summed E-state index contributed by atoms with van der Waals surface area (Å²) < 4.78 is 23.4. The third-order valence-corrected chi connectivity index (χ3v) is 7.73. The lowest BCUT2D eigenvalue weighted by atomic mass is 10.2. The minimum Gasteiger partial charge on any atom is -0.446 e. The van der Waals surface area contributed by atoms with E-state index in [1.807, 2.05) is 27.7 Å². The van der Waals surface area contributed by atoms with Crippen LogP contribution >= 0.6 is 7.59 Å². The molecule has 0 saturated carbocycles. The molecule has 0 radical (unpaired) electrons. The van der Waals surface area contributed by atoms with E-state index in [0.717, 1.165) is 0 Å². The fourth-order valence-corrected chi connectivity index (χ4v) is 6.22. The molecule has 0 bridgehead atoms. The Labute approximate surface area is 151 Å². The Balaban J connectivity index is 1.58. The summed E-state index contributed by atoms with van der Waals surface area (Å²) in [5.74, 6) is -0.323. The molecule has 3 heterocycles. The van der Waals surface area contributed by atoms with Crippen LogP contribution in [-0.2, 0) is 15.8 Å². The highest BCUT2D eigenvalue weighted by molar-refractivity contribution is 7.58. The van der Waals surface area contributed by atoms with Crippen molar-refractivity contribution < 1.29 is 19.0 Å². The first-order chi connectivity index (χ1) is 12.0. The molecule has 3 rings (SSSR count). The highest BCUT2D eigenvalue weighted by Crippen LogP contribution is 2.67. The molecule has 12 heteroatoms. The minimum absolute atomic E-state index is 0.0818. The van der Waals surface area contributed by atoms with Crippen LogP contribution in [0.25, 0.3) is 0 Å². The van der Waals surface area contributed by atoms with Gasteiger partial charge in [-0.3, -0.25) is 4.57 Å². The molecule has 0 spiro atoms. The first kappa shape index (κ1) is 18.8. The molecule has 144 valence electrons. The number of imidazole rings is 1. The van der Waals surface area contributed by atoms with Crippen LogP contribution in [0.15, 0.2) is 12.4 Å². The quantitative estimate of drug-likeness (QED) is 0.326. The van der Waals surface area contributed by atoms with Gasteiger partial charge in [0.2, 0.25) is 0 Å². The summed E-state index contributed by atoms with van der Waals surface area (Å²) in [6.45, 7) is 9.07. The third-order valence-electron chi connectivity index (χ3n) is 4.58. The van der Waals surface area contributed by atoms with Crippen LogP contribution in [0.4, 0.5) is 10.7 Å². The van der Waals surface area contributed by atoms with E-state index in [9.17, 15) is 19.5 Å². The van der Waals surface area contributed by atoms with Gasteiger partial charge in [0.15, 0.2) is 0 Å². The zero-order valence-corrected chi connectivity index (χ0v) is 16.1. The molecule has 1 aromatic heterocycles. The summed E-state index contributed by atoms with van der Waals surface area (Å²) in [6, 6.07) is 0. The van der Waals surface area contributed by atoms with Gasteiger partial charge in [-0.05, 0) is 32.6 Å². The largest absolute Gasteiger partial charge is 0.446 e. The molecular weight excluding hydrogens is 363 g/mol. The van der Waals surface area contributed by atoms with E-state index < -0.39 is 18.6 Å². The molecule has 2 aliphatic rings. The van der Waals surface area contributed by atoms with Crippen molar-refractivity contribution in [3.05, 3.63) is 22.5 Å². The van der Waals surface area contributed by atoms with Crippen molar-refractivity contribution in [3.63, 3.8) is 0 Å². The Kier molecular flexibility index (Phi) is 4.37. The fraction of sp³-hybridized carbons (Fsp3) is 0.714. The highest BCUT2D eigenvalue weighted by Gasteiger charge is 2.65. The number of aromatic nitrogens is 2. The number of hydrogen-bond donors (Lipinski definition) is 1. The molecule has 11 nitrogen and oxygen atoms in total. The Bertz CT molecular complexity index is 765. The van der Waals surface area contributed by atoms with E-state index >= 15 is 0 Å². The number of ether oxygens (including phenoxy) is 1. The van der Waals surface area contributed by atoms with Crippen molar-refractivity contribution in [2.45, 2.75) is 45.3 Å². The zero-order chi connectivity index (χ0) is 19.3. The van der Waals surface area contributed by atoms with Gasteiger partial charge in [0, 0.05) is 24.2 Å². The summed E-state index contributed by atoms with van der Waals surface area (Å²) in [5.41, 5.74) is -0.474. The summed E-state index contributed by atoms with van der Waals surface area (Å²) in [7, 11) is -3.25. The second-order valence-electron chi connectivity index (χ2n) is 7.71.